The molecule has 1 rings (SSSR count). The number of alkyl halides is 2. The van der Waals surface area contributed by atoms with Crippen LogP contribution in [-0.4, -0.2) is 13.0 Å². The third-order valence-electron chi connectivity index (χ3n) is 1.54. The first kappa shape index (κ1) is 11.2. The molecule has 3 N–H and O–H groups in total. The SMILES string of the molecule is Nc1c(F)cc(Br)cc1NCC(F)F. The summed E-state index contributed by atoms with van der Waals surface area (Å²) in [5, 5.41) is 2.35. The number of nitrogen functional groups attached to an aromatic ring is 1. The second kappa shape index (κ2) is 4.54. The van der Waals surface area contributed by atoms with Crippen molar-refractivity contribution in [2.24, 2.45) is 0 Å². The molecular weight excluding hydrogens is 261 g/mol. The molecule has 6 heteroatoms. The molecule has 0 unspecified atom stereocenters. The molecule has 0 amide bonds. The molecular formula is C8H8BrF3N2. The number of hydrogen-bond donors (Lipinski definition) is 2. The Hall–Kier alpha value is -0.910. The highest BCUT2D eigenvalue weighted by Crippen LogP contribution is 2.26. The Kier molecular flexibility index (Phi) is 3.62. The van der Waals surface area contributed by atoms with E-state index in [2.05, 4.69) is 21.2 Å². The zero-order chi connectivity index (χ0) is 10.7. The molecule has 0 heterocycles. The van der Waals surface area contributed by atoms with Crippen LogP contribution in [-0.2, 0) is 0 Å². The molecule has 0 aliphatic carbocycles. The molecule has 0 atom stereocenters. The van der Waals surface area contributed by atoms with Gasteiger partial charge in [0.1, 0.15) is 5.82 Å². The first-order valence-electron chi connectivity index (χ1n) is 3.77. The molecule has 1 aromatic carbocycles. The molecule has 0 bridgehead atoms. The Morgan fingerprint density at radius 2 is 2.07 bits per heavy atom. The van der Waals surface area contributed by atoms with E-state index in [9.17, 15) is 13.2 Å². The summed E-state index contributed by atoms with van der Waals surface area (Å²) < 4.78 is 37.1. The summed E-state index contributed by atoms with van der Waals surface area (Å²) in [5.74, 6) is -0.642. The largest absolute Gasteiger partial charge is 0.395 e. The quantitative estimate of drug-likeness (QED) is 0.828. The van der Waals surface area contributed by atoms with Crippen molar-refractivity contribution < 1.29 is 13.2 Å². The van der Waals surface area contributed by atoms with Crippen LogP contribution >= 0.6 is 15.9 Å². The minimum atomic E-state index is -2.50. The van der Waals surface area contributed by atoms with Gasteiger partial charge in [-0.2, -0.15) is 0 Å². The van der Waals surface area contributed by atoms with Gasteiger partial charge in [-0.1, -0.05) is 15.9 Å². The van der Waals surface area contributed by atoms with Gasteiger partial charge in [0, 0.05) is 4.47 Å². The normalized spacial score (nSPS) is 10.6. The van der Waals surface area contributed by atoms with Gasteiger partial charge >= 0.3 is 0 Å². The van der Waals surface area contributed by atoms with Crippen LogP contribution < -0.4 is 11.1 Å². The standard InChI is InChI=1S/C8H8BrF3N2/c9-4-1-5(10)8(13)6(2-4)14-3-7(11)12/h1-2,7,14H,3,13H2. The van der Waals surface area contributed by atoms with Crippen molar-refractivity contribution >= 4 is 27.3 Å². The Morgan fingerprint density at radius 1 is 1.43 bits per heavy atom. The van der Waals surface area contributed by atoms with Gasteiger partial charge < -0.3 is 11.1 Å². The number of nitrogens with two attached hydrogens (primary N) is 1. The van der Waals surface area contributed by atoms with Gasteiger partial charge in [0.2, 0.25) is 0 Å². The summed E-state index contributed by atoms with van der Waals surface area (Å²) in [6.45, 7) is -0.555. The molecule has 0 saturated carbocycles. The lowest BCUT2D eigenvalue weighted by Crippen LogP contribution is -2.12. The van der Waals surface area contributed by atoms with Crippen molar-refractivity contribution in [2.45, 2.75) is 6.43 Å². The fraction of sp³-hybridized carbons (Fsp3) is 0.250. The molecule has 78 valence electrons. The van der Waals surface area contributed by atoms with Crippen molar-refractivity contribution in [3.63, 3.8) is 0 Å². The Morgan fingerprint density at radius 3 is 2.64 bits per heavy atom. The van der Waals surface area contributed by atoms with Gasteiger partial charge in [-0.25, -0.2) is 13.2 Å². The minimum absolute atomic E-state index is 0.158. The van der Waals surface area contributed by atoms with Gasteiger partial charge in [0.05, 0.1) is 17.9 Å². The van der Waals surface area contributed by atoms with E-state index in [4.69, 9.17) is 5.73 Å². The number of hydrogen-bond acceptors (Lipinski definition) is 2. The van der Waals surface area contributed by atoms with Gasteiger partial charge in [0.15, 0.2) is 0 Å². The van der Waals surface area contributed by atoms with Crippen LogP contribution in [0.25, 0.3) is 0 Å². The lowest BCUT2D eigenvalue weighted by Gasteiger charge is -2.09. The van der Waals surface area contributed by atoms with E-state index < -0.39 is 18.8 Å². The summed E-state index contributed by atoms with van der Waals surface area (Å²) in [6, 6.07) is 2.61. The van der Waals surface area contributed by atoms with Crippen LogP contribution in [0.15, 0.2) is 16.6 Å². The third-order valence-corrected chi connectivity index (χ3v) is 2.00. The van der Waals surface area contributed by atoms with Crippen LogP contribution in [0.1, 0.15) is 0 Å². The van der Waals surface area contributed by atoms with Crippen LogP contribution in [0.4, 0.5) is 24.5 Å². The van der Waals surface area contributed by atoms with Crippen molar-refractivity contribution in [3.8, 4) is 0 Å². The smallest absolute Gasteiger partial charge is 0.255 e. The highest BCUT2D eigenvalue weighted by Gasteiger charge is 2.08. The Balaban J connectivity index is 2.85. The number of anilines is 2. The van der Waals surface area contributed by atoms with Crippen LogP contribution in [0.3, 0.4) is 0 Å². The molecule has 0 radical (unpaired) electrons. The summed E-state index contributed by atoms with van der Waals surface area (Å²) in [4.78, 5) is 0. The van der Waals surface area contributed by atoms with Gasteiger partial charge in [0.25, 0.3) is 6.43 Å². The summed E-state index contributed by atoms with van der Waals surface area (Å²) in [5.41, 5.74) is 5.34. The van der Waals surface area contributed by atoms with E-state index in [0.717, 1.165) is 0 Å². The molecule has 0 fully saturated rings. The molecule has 14 heavy (non-hydrogen) atoms. The van der Waals surface area contributed by atoms with E-state index in [0.29, 0.717) is 4.47 Å². The minimum Gasteiger partial charge on any atom is -0.395 e. The maximum atomic E-state index is 13.0. The lowest BCUT2D eigenvalue weighted by molar-refractivity contribution is 0.163. The maximum absolute atomic E-state index is 13.0. The lowest BCUT2D eigenvalue weighted by atomic mass is 10.2. The first-order valence-corrected chi connectivity index (χ1v) is 4.56. The van der Waals surface area contributed by atoms with E-state index in [1.807, 2.05) is 0 Å². The summed E-state index contributed by atoms with van der Waals surface area (Å²) in [6.07, 6.45) is -2.50. The van der Waals surface area contributed by atoms with E-state index >= 15 is 0 Å². The second-order valence-corrected chi connectivity index (χ2v) is 3.54. The van der Waals surface area contributed by atoms with Crippen LogP contribution in [0.2, 0.25) is 0 Å². The molecule has 0 aromatic heterocycles. The Labute approximate surface area is 87.4 Å². The van der Waals surface area contributed by atoms with E-state index in [-0.39, 0.29) is 11.4 Å². The van der Waals surface area contributed by atoms with Gasteiger partial charge in [-0.05, 0) is 12.1 Å². The molecule has 0 aliphatic heterocycles. The number of nitrogens with one attached hydrogen (secondary N) is 1. The molecule has 1 aromatic rings. The average molecular weight is 269 g/mol. The summed E-state index contributed by atoms with van der Waals surface area (Å²) in [7, 11) is 0. The second-order valence-electron chi connectivity index (χ2n) is 2.62. The Bertz CT molecular complexity index is 331. The number of benzene rings is 1. The van der Waals surface area contributed by atoms with Gasteiger partial charge in [-0.15, -0.1) is 0 Å². The van der Waals surface area contributed by atoms with E-state index in [1.165, 1.54) is 12.1 Å². The molecule has 2 nitrogen and oxygen atoms in total. The predicted octanol–water partition coefficient (Wildman–Crippen LogP) is 2.85. The number of rotatable bonds is 3. The van der Waals surface area contributed by atoms with Crippen LogP contribution in [0.5, 0.6) is 0 Å². The van der Waals surface area contributed by atoms with Crippen molar-refractivity contribution in [1.29, 1.82) is 0 Å². The maximum Gasteiger partial charge on any atom is 0.255 e. The monoisotopic (exact) mass is 268 g/mol. The van der Waals surface area contributed by atoms with Gasteiger partial charge in [-0.3, -0.25) is 0 Å². The molecule has 0 spiro atoms. The fourth-order valence-electron chi connectivity index (χ4n) is 0.918. The first-order chi connectivity index (χ1) is 6.50. The summed E-state index contributed by atoms with van der Waals surface area (Å²) >= 11 is 3.03. The molecule has 0 saturated heterocycles. The van der Waals surface area contributed by atoms with Crippen molar-refractivity contribution in [2.75, 3.05) is 17.6 Å². The van der Waals surface area contributed by atoms with Crippen molar-refractivity contribution in [1.82, 2.24) is 0 Å². The average Bonchev–Trinajstić information content (AvgIpc) is 2.08. The highest BCUT2D eigenvalue weighted by molar-refractivity contribution is 9.10. The topological polar surface area (TPSA) is 38.0 Å². The predicted molar refractivity (Wildman–Crippen MR) is 53.0 cm³/mol. The molecule has 0 aliphatic rings. The van der Waals surface area contributed by atoms with Crippen LogP contribution in [0, 0.1) is 5.82 Å². The zero-order valence-electron chi connectivity index (χ0n) is 7.03. The fourth-order valence-corrected chi connectivity index (χ4v) is 1.35. The third kappa shape index (κ3) is 2.80. The number of halogens is 4. The van der Waals surface area contributed by atoms with E-state index in [1.54, 1.807) is 0 Å². The zero-order valence-corrected chi connectivity index (χ0v) is 8.61. The highest BCUT2D eigenvalue weighted by atomic mass is 79.9. The van der Waals surface area contributed by atoms with Crippen molar-refractivity contribution in [3.05, 3.63) is 22.4 Å².